The number of phenols is 2. The maximum Gasteiger partial charge on any atom is 0.300 e. The van der Waals surface area contributed by atoms with Crippen LogP contribution in [0.1, 0.15) is 10.6 Å². The Morgan fingerprint density at radius 3 is 2.60 bits per heavy atom. The monoisotopic (exact) mass is 208 g/mol. The van der Waals surface area contributed by atoms with Crippen LogP contribution in [0, 0.1) is 0 Å². The number of carbonyl (C=O) groups is 1. The number of carbonyl (C=O) groups excluding carboxylic acids is 1. The Morgan fingerprint density at radius 2 is 1.93 bits per heavy atom. The number of hydrazine groups is 1. The van der Waals surface area contributed by atoms with Gasteiger partial charge in [0, 0.05) is 11.5 Å². The minimum absolute atomic E-state index is 0.0116. The quantitative estimate of drug-likeness (QED) is 0.235. The average molecular weight is 208 g/mol. The second kappa shape index (κ2) is 3.18. The van der Waals surface area contributed by atoms with E-state index in [1.165, 1.54) is 18.2 Å². The van der Waals surface area contributed by atoms with Gasteiger partial charge in [0.15, 0.2) is 17.3 Å². The van der Waals surface area contributed by atoms with E-state index < -0.39 is 5.91 Å². The number of phenolic OH excluding ortho intramolecular Hbond substituents is 2. The van der Waals surface area contributed by atoms with Crippen LogP contribution in [0.15, 0.2) is 22.6 Å². The largest absolute Gasteiger partial charge is 0.504 e. The highest BCUT2D eigenvalue weighted by molar-refractivity contribution is 5.96. The Kier molecular flexibility index (Phi) is 1.98. The van der Waals surface area contributed by atoms with E-state index in [0.717, 1.165) is 0 Å². The topological polar surface area (TPSA) is 109 Å². The maximum atomic E-state index is 11.1. The summed E-state index contributed by atoms with van der Waals surface area (Å²) >= 11 is 0. The second-order valence-corrected chi connectivity index (χ2v) is 2.96. The molecule has 0 atom stereocenters. The molecule has 78 valence electrons. The molecule has 2 rings (SSSR count). The van der Waals surface area contributed by atoms with Gasteiger partial charge in [0.25, 0.3) is 0 Å². The fourth-order valence-electron chi connectivity index (χ4n) is 1.25. The Morgan fingerprint density at radius 1 is 1.27 bits per heavy atom. The number of benzene rings is 1. The van der Waals surface area contributed by atoms with E-state index in [2.05, 4.69) is 0 Å². The third-order valence-corrected chi connectivity index (χ3v) is 1.97. The molecular weight excluding hydrogens is 200 g/mol. The van der Waals surface area contributed by atoms with Crippen LogP contribution < -0.4 is 11.3 Å². The van der Waals surface area contributed by atoms with Crippen molar-refractivity contribution in [2.24, 2.45) is 5.84 Å². The zero-order chi connectivity index (χ0) is 11.0. The van der Waals surface area contributed by atoms with Gasteiger partial charge in [0.1, 0.15) is 5.58 Å². The molecule has 1 amide bonds. The number of nitrogen functional groups attached to an aromatic ring is 1. The van der Waals surface area contributed by atoms with Crippen molar-refractivity contribution >= 4 is 16.9 Å². The lowest BCUT2D eigenvalue weighted by Gasteiger charge is -1.95. The Labute approximate surface area is 83.9 Å². The number of amides is 1. The van der Waals surface area contributed by atoms with Gasteiger partial charge in [-0.1, -0.05) is 0 Å². The highest BCUT2D eigenvalue weighted by atomic mass is 16.3. The van der Waals surface area contributed by atoms with E-state index in [1.807, 2.05) is 5.43 Å². The minimum Gasteiger partial charge on any atom is -0.504 e. The van der Waals surface area contributed by atoms with Gasteiger partial charge in [-0.25, -0.2) is 5.84 Å². The molecular formula is C9H8N2O4. The van der Waals surface area contributed by atoms with Crippen LogP contribution in [-0.4, -0.2) is 16.1 Å². The van der Waals surface area contributed by atoms with Crippen molar-refractivity contribution in [3.8, 4) is 11.5 Å². The molecule has 0 unspecified atom stereocenters. The first-order valence-corrected chi connectivity index (χ1v) is 4.08. The van der Waals surface area contributed by atoms with Gasteiger partial charge in [0.2, 0.25) is 0 Å². The zero-order valence-corrected chi connectivity index (χ0v) is 7.52. The van der Waals surface area contributed by atoms with E-state index in [0.29, 0.717) is 11.0 Å². The molecule has 6 heteroatoms. The summed E-state index contributed by atoms with van der Waals surface area (Å²) in [6.45, 7) is 0. The number of aromatic hydroxyl groups is 2. The van der Waals surface area contributed by atoms with E-state index in [1.54, 1.807) is 0 Å². The van der Waals surface area contributed by atoms with Crippen molar-refractivity contribution in [1.29, 1.82) is 0 Å². The lowest BCUT2D eigenvalue weighted by molar-refractivity contribution is 0.0928. The number of furan rings is 1. The van der Waals surface area contributed by atoms with E-state index in [9.17, 15) is 15.0 Å². The van der Waals surface area contributed by atoms with Crippen LogP contribution in [0.2, 0.25) is 0 Å². The van der Waals surface area contributed by atoms with Crippen molar-refractivity contribution < 1.29 is 19.4 Å². The summed E-state index contributed by atoms with van der Waals surface area (Å²) < 4.78 is 5.09. The normalized spacial score (nSPS) is 10.5. The summed E-state index contributed by atoms with van der Waals surface area (Å²) in [5.41, 5.74) is 2.21. The highest BCUT2D eigenvalue weighted by Gasteiger charge is 2.12. The van der Waals surface area contributed by atoms with Crippen LogP contribution in [0.4, 0.5) is 0 Å². The van der Waals surface area contributed by atoms with Crippen LogP contribution in [0.25, 0.3) is 11.0 Å². The molecule has 0 bridgehead atoms. The fraction of sp³-hybridized carbons (Fsp3) is 0. The fourth-order valence-corrected chi connectivity index (χ4v) is 1.25. The predicted octanol–water partition coefficient (Wildman–Crippen LogP) is 0.447. The minimum atomic E-state index is -0.579. The number of nitrogens with two attached hydrogens (primary N) is 1. The zero-order valence-electron chi connectivity index (χ0n) is 7.52. The first-order valence-electron chi connectivity index (χ1n) is 4.08. The lowest BCUT2D eigenvalue weighted by atomic mass is 10.2. The predicted molar refractivity (Wildman–Crippen MR) is 51.2 cm³/mol. The molecule has 0 aliphatic rings. The molecule has 0 fully saturated rings. The maximum absolute atomic E-state index is 11.1. The molecule has 1 aromatic carbocycles. The Hall–Kier alpha value is -2.21. The molecule has 15 heavy (non-hydrogen) atoms. The molecule has 0 saturated heterocycles. The van der Waals surface area contributed by atoms with Crippen molar-refractivity contribution in [2.45, 2.75) is 0 Å². The highest BCUT2D eigenvalue weighted by Crippen LogP contribution is 2.31. The smallest absolute Gasteiger partial charge is 0.300 e. The molecule has 0 spiro atoms. The number of nitrogens with one attached hydrogen (secondary N) is 1. The van der Waals surface area contributed by atoms with Crippen molar-refractivity contribution in [3.63, 3.8) is 0 Å². The van der Waals surface area contributed by atoms with Gasteiger partial charge in [-0.2, -0.15) is 0 Å². The van der Waals surface area contributed by atoms with Gasteiger partial charge in [0.05, 0.1) is 0 Å². The van der Waals surface area contributed by atoms with Gasteiger partial charge in [-0.15, -0.1) is 0 Å². The molecule has 0 aliphatic heterocycles. The molecule has 0 radical (unpaired) electrons. The first-order chi connectivity index (χ1) is 7.11. The number of rotatable bonds is 1. The molecule has 5 N–H and O–H groups in total. The molecule has 2 aromatic rings. The van der Waals surface area contributed by atoms with Crippen LogP contribution in [0.5, 0.6) is 11.5 Å². The third kappa shape index (κ3) is 1.46. The van der Waals surface area contributed by atoms with E-state index in [-0.39, 0.29) is 17.3 Å². The summed E-state index contributed by atoms with van der Waals surface area (Å²) in [6, 6.07) is 3.93. The van der Waals surface area contributed by atoms with Gasteiger partial charge >= 0.3 is 5.91 Å². The van der Waals surface area contributed by atoms with Crippen LogP contribution in [0.3, 0.4) is 0 Å². The number of hydrogen-bond donors (Lipinski definition) is 4. The SMILES string of the molecule is NNC(=O)c1cc2cc(O)c(O)cc2o1. The molecule has 0 saturated carbocycles. The molecule has 1 aromatic heterocycles. The summed E-state index contributed by atoms with van der Waals surface area (Å²) in [4.78, 5) is 11.1. The molecule has 6 nitrogen and oxygen atoms in total. The van der Waals surface area contributed by atoms with Crippen molar-refractivity contribution in [2.75, 3.05) is 0 Å². The number of fused-ring (bicyclic) bond motifs is 1. The second-order valence-electron chi connectivity index (χ2n) is 2.96. The summed E-state index contributed by atoms with van der Waals surface area (Å²) in [7, 11) is 0. The first kappa shape index (κ1) is 9.35. The average Bonchev–Trinajstić information content (AvgIpc) is 2.60. The Bertz CT molecular complexity index is 493. The summed E-state index contributed by atoms with van der Waals surface area (Å²) in [5, 5.41) is 18.9. The molecule has 1 heterocycles. The van der Waals surface area contributed by atoms with Gasteiger partial charge < -0.3 is 14.6 Å². The summed E-state index contributed by atoms with van der Waals surface area (Å²) in [6.07, 6.45) is 0. The van der Waals surface area contributed by atoms with Crippen molar-refractivity contribution in [1.82, 2.24) is 5.43 Å². The van der Waals surface area contributed by atoms with Crippen LogP contribution >= 0.6 is 0 Å². The van der Waals surface area contributed by atoms with E-state index >= 15 is 0 Å². The Balaban J connectivity index is 2.61. The summed E-state index contributed by atoms with van der Waals surface area (Å²) in [5.74, 6) is 3.78. The van der Waals surface area contributed by atoms with Crippen LogP contribution in [-0.2, 0) is 0 Å². The standard InChI is InChI=1S/C9H8N2O4/c10-11-9(14)8-2-4-1-5(12)6(13)3-7(4)15-8/h1-3,12-13H,10H2,(H,11,14). The molecule has 0 aliphatic carbocycles. The number of hydrogen-bond acceptors (Lipinski definition) is 5. The van der Waals surface area contributed by atoms with Gasteiger partial charge in [-0.3, -0.25) is 10.2 Å². The third-order valence-electron chi connectivity index (χ3n) is 1.97. The van der Waals surface area contributed by atoms with E-state index in [4.69, 9.17) is 10.3 Å². The van der Waals surface area contributed by atoms with Crippen molar-refractivity contribution in [3.05, 3.63) is 24.0 Å². The lowest BCUT2D eigenvalue weighted by Crippen LogP contribution is -2.29. The van der Waals surface area contributed by atoms with Gasteiger partial charge in [-0.05, 0) is 12.1 Å².